The summed E-state index contributed by atoms with van der Waals surface area (Å²) in [6, 6.07) is 0. The van der Waals surface area contributed by atoms with Crippen LogP contribution in [0.15, 0.2) is 23.0 Å². The number of Topliss-reactive ketones (excluding diaryl/α,β-unsaturated/α-hetero) is 1. The first-order valence-corrected chi connectivity index (χ1v) is 11.1. The molecule has 30 heavy (non-hydrogen) atoms. The van der Waals surface area contributed by atoms with Crippen molar-refractivity contribution in [2.75, 3.05) is 0 Å². The van der Waals surface area contributed by atoms with Crippen LogP contribution >= 0.6 is 0 Å². The van der Waals surface area contributed by atoms with Gasteiger partial charge in [0.25, 0.3) is 0 Å². The van der Waals surface area contributed by atoms with Gasteiger partial charge in [0, 0.05) is 28.7 Å². The molecule has 0 spiro atoms. The third-order valence-corrected chi connectivity index (χ3v) is 8.60. The maximum atomic E-state index is 15.4. The SMILES string of the molecule is CCC(=O)OC1[C@@H](C)C[C@H]2[C@@H]3C[C@H](F)C4=C(F)C(=O)C(C)=C[C@]4(C)[C@H]3[C@@H](O)C[C@]12C. The summed E-state index contributed by atoms with van der Waals surface area (Å²) in [5.41, 5.74) is -1.32. The first-order valence-electron chi connectivity index (χ1n) is 11.1. The molecule has 4 rings (SSSR count). The fourth-order valence-corrected chi connectivity index (χ4v) is 7.56. The fourth-order valence-electron chi connectivity index (χ4n) is 7.56. The van der Waals surface area contributed by atoms with Crippen molar-refractivity contribution in [3.63, 3.8) is 0 Å². The van der Waals surface area contributed by atoms with E-state index in [1.54, 1.807) is 26.8 Å². The summed E-state index contributed by atoms with van der Waals surface area (Å²) in [6.45, 7) is 9.16. The third-order valence-electron chi connectivity index (χ3n) is 8.60. The number of ketones is 1. The lowest BCUT2D eigenvalue weighted by molar-refractivity contribution is -0.172. The van der Waals surface area contributed by atoms with Crippen LogP contribution in [-0.2, 0) is 14.3 Å². The first-order chi connectivity index (χ1) is 14.0. The zero-order valence-corrected chi connectivity index (χ0v) is 18.4. The van der Waals surface area contributed by atoms with Gasteiger partial charge in [0.1, 0.15) is 12.3 Å². The van der Waals surface area contributed by atoms with Gasteiger partial charge in [-0.1, -0.05) is 33.8 Å². The molecule has 3 fully saturated rings. The molecule has 9 atom stereocenters. The van der Waals surface area contributed by atoms with Crippen LogP contribution < -0.4 is 0 Å². The minimum absolute atomic E-state index is 0.0570. The number of allylic oxidation sites excluding steroid dienone is 4. The number of carbonyl (C=O) groups excluding carboxylic acids is 2. The number of aliphatic hydroxyl groups is 1. The van der Waals surface area contributed by atoms with Gasteiger partial charge < -0.3 is 9.84 Å². The van der Waals surface area contributed by atoms with Crippen molar-refractivity contribution in [3.05, 3.63) is 23.0 Å². The summed E-state index contributed by atoms with van der Waals surface area (Å²) >= 11 is 0. The average Bonchev–Trinajstić information content (AvgIpc) is 2.89. The van der Waals surface area contributed by atoms with E-state index in [-0.39, 0.29) is 59.7 Å². The zero-order valence-electron chi connectivity index (χ0n) is 18.4. The van der Waals surface area contributed by atoms with E-state index in [0.29, 0.717) is 6.42 Å². The van der Waals surface area contributed by atoms with Crippen molar-refractivity contribution in [1.29, 1.82) is 0 Å². The monoisotopic (exact) mass is 422 g/mol. The summed E-state index contributed by atoms with van der Waals surface area (Å²) in [6.07, 6.45) is 0.543. The Morgan fingerprint density at radius 1 is 1.33 bits per heavy atom. The van der Waals surface area contributed by atoms with Crippen LogP contribution in [0, 0.1) is 34.5 Å². The highest BCUT2D eigenvalue weighted by molar-refractivity contribution is 6.08. The van der Waals surface area contributed by atoms with Crippen molar-refractivity contribution in [2.45, 2.75) is 78.7 Å². The Bertz CT molecular complexity index is 848. The van der Waals surface area contributed by atoms with Gasteiger partial charge in [-0.15, -0.1) is 0 Å². The van der Waals surface area contributed by atoms with Gasteiger partial charge in [-0.3, -0.25) is 9.59 Å². The molecule has 0 bridgehead atoms. The molecular formula is C24H32F2O4. The standard InChI is InChI=1S/C24H32F2O4/c1-6-17(28)30-22-11(2)7-14-13-8-15(25)19-20(26)21(29)12(3)9-24(19,5)18(13)16(27)10-23(14,22)4/h9,11,13-16,18,22,27H,6-8,10H2,1-5H3/t11-,13-,14-,15-,16-,18+,22?,23-,24+/m0/s1. The van der Waals surface area contributed by atoms with E-state index in [2.05, 4.69) is 0 Å². The number of fused-ring (bicyclic) bond motifs is 5. The predicted molar refractivity (Wildman–Crippen MR) is 108 cm³/mol. The third kappa shape index (κ3) is 2.78. The maximum Gasteiger partial charge on any atom is 0.305 e. The molecule has 3 saturated carbocycles. The smallest absolute Gasteiger partial charge is 0.305 e. The molecule has 0 aromatic carbocycles. The molecule has 0 heterocycles. The maximum absolute atomic E-state index is 15.4. The molecule has 4 nitrogen and oxygen atoms in total. The van der Waals surface area contributed by atoms with Crippen molar-refractivity contribution in [1.82, 2.24) is 0 Å². The summed E-state index contributed by atoms with van der Waals surface area (Å²) in [4.78, 5) is 24.2. The van der Waals surface area contributed by atoms with Gasteiger partial charge >= 0.3 is 5.97 Å². The van der Waals surface area contributed by atoms with Gasteiger partial charge in [0.15, 0.2) is 5.83 Å². The van der Waals surface area contributed by atoms with E-state index in [9.17, 15) is 19.1 Å². The van der Waals surface area contributed by atoms with Crippen LogP contribution in [-0.4, -0.2) is 35.2 Å². The Balaban J connectivity index is 1.77. The molecule has 0 aliphatic heterocycles. The molecule has 0 radical (unpaired) electrons. The van der Waals surface area contributed by atoms with Crippen molar-refractivity contribution >= 4 is 11.8 Å². The second-order valence-corrected chi connectivity index (χ2v) is 10.4. The number of hydrogen-bond acceptors (Lipinski definition) is 4. The van der Waals surface area contributed by atoms with Crippen molar-refractivity contribution in [3.8, 4) is 0 Å². The molecule has 166 valence electrons. The Labute approximate surface area is 176 Å². The predicted octanol–water partition coefficient (Wildman–Crippen LogP) is 4.47. The Kier molecular flexibility index (Phi) is 5.04. The quantitative estimate of drug-likeness (QED) is 0.667. The first kappa shape index (κ1) is 21.7. The number of ether oxygens (including phenoxy) is 1. The molecule has 4 aliphatic carbocycles. The molecular weight excluding hydrogens is 390 g/mol. The molecule has 4 aliphatic rings. The zero-order chi connectivity index (χ0) is 22.2. The van der Waals surface area contributed by atoms with Gasteiger partial charge in [0.05, 0.1) is 6.10 Å². The molecule has 1 N–H and O–H groups in total. The van der Waals surface area contributed by atoms with Crippen LogP contribution in [0.5, 0.6) is 0 Å². The number of alkyl halides is 1. The summed E-state index contributed by atoms with van der Waals surface area (Å²) in [5.74, 6) is -2.40. The fraction of sp³-hybridized carbons (Fsp3) is 0.750. The lowest BCUT2D eigenvalue weighted by atomic mass is 9.46. The van der Waals surface area contributed by atoms with E-state index < -0.39 is 34.7 Å². The van der Waals surface area contributed by atoms with Crippen LogP contribution in [0.3, 0.4) is 0 Å². The van der Waals surface area contributed by atoms with Gasteiger partial charge in [-0.2, -0.15) is 0 Å². The van der Waals surface area contributed by atoms with E-state index >= 15 is 4.39 Å². The van der Waals surface area contributed by atoms with Crippen LogP contribution in [0.4, 0.5) is 8.78 Å². The second-order valence-electron chi connectivity index (χ2n) is 10.4. The van der Waals surface area contributed by atoms with Gasteiger partial charge in [-0.05, 0) is 49.5 Å². The molecule has 0 aromatic heterocycles. The van der Waals surface area contributed by atoms with Gasteiger partial charge in [-0.25, -0.2) is 8.78 Å². The summed E-state index contributed by atoms with van der Waals surface area (Å²) in [5, 5.41) is 11.3. The normalized spacial score (nSPS) is 47.9. The Hall–Kier alpha value is -1.56. The highest BCUT2D eigenvalue weighted by atomic mass is 19.1. The minimum Gasteiger partial charge on any atom is -0.461 e. The Morgan fingerprint density at radius 2 is 2.00 bits per heavy atom. The van der Waals surface area contributed by atoms with Crippen LogP contribution in [0.1, 0.15) is 60.3 Å². The average molecular weight is 423 g/mol. The lowest BCUT2D eigenvalue weighted by Crippen LogP contribution is -2.59. The highest BCUT2D eigenvalue weighted by Gasteiger charge is 2.66. The number of hydrogen-bond donors (Lipinski definition) is 1. The summed E-state index contributed by atoms with van der Waals surface area (Å²) in [7, 11) is 0. The van der Waals surface area contributed by atoms with Crippen LogP contribution in [0.25, 0.3) is 0 Å². The molecule has 6 heteroatoms. The number of rotatable bonds is 2. The highest BCUT2D eigenvalue weighted by Crippen LogP contribution is 2.66. The topological polar surface area (TPSA) is 63.6 Å². The van der Waals surface area contributed by atoms with E-state index in [1.165, 1.54) is 0 Å². The lowest BCUT2D eigenvalue weighted by Gasteiger charge is -2.59. The van der Waals surface area contributed by atoms with Crippen LogP contribution in [0.2, 0.25) is 0 Å². The number of aliphatic hydroxyl groups excluding tert-OH is 1. The largest absolute Gasteiger partial charge is 0.461 e. The van der Waals surface area contributed by atoms with E-state index in [1.807, 2.05) is 13.8 Å². The number of carbonyl (C=O) groups is 2. The second kappa shape index (κ2) is 6.98. The molecule has 0 amide bonds. The summed E-state index contributed by atoms with van der Waals surface area (Å²) < 4.78 is 36.1. The van der Waals surface area contributed by atoms with Gasteiger partial charge in [0.2, 0.25) is 5.78 Å². The van der Waals surface area contributed by atoms with Crippen molar-refractivity contribution < 1.29 is 28.2 Å². The Morgan fingerprint density at radius 3 is 2.63 bits per heavy atom. The molecule has 1 unspecified atom stereocenters. The van der Waals surface area contributed by atoms with Crippen molar-refractivity contribution in [2.24, 2.45) is 34.5 Å². The van der Waals surface area contributed by atoms with E-state index in [0.717, 1.165) is 6.42 Å². The molecule has 0 aromatic rings. The number of esters is 1. The number of halogens is 2. The molecule has 0 saturated heterocycles. The van der Waals surface area contributed by atoms with E-state index in [4.69, 9.17) is 4.74 Å². The minimum atomic E-state index is -1.56.